The summed E-state index contributed by atoms with van der Waals surface area (Å²) in [6.07, 6.45) is 4.87. The van der Waals surface area contributed by atoms with Gasteiger partial charge >= 0.3 is 0 Å². The van der Waals surface area contributed by atoms with Crippen LogP contribution >= 0.6 is 0 Å². The van der Waals surface area contributed by atoms with Crippen LogP contribution in [-0.4, -0.2) is 11.3 Å². The van der Waals surface area contributed by atoms with Crippen LogP contribution in [0.15, 0.2) is 42.6 Å². The van der Waals surface area contributed by atoms with Crippen molar-refractivity contribution in [3.05, 3.63) is 53.7 Å². The van der Waals surface area contributed by atoms with E-state index < -0.39 is 0 Å². The lowest BCUT2D eigenvalue weighted by molar-refractivity contribution is 0.112. The lowest BCUT2D eigenvalue weighted by Gasteiger charge is -2.05. The first-order valence-electron chi connectivity index (χ1n) is 6.04. The Bertz CT molecular complexity index is 542. The Morgan fingerprint density at radius 3 is 2.44 bits per heavy atom. The van der Waals surface area contributed by atoms with Crippen molar-refractivity contribution in [1.82, 2.24) is 4.98 Å². The number of hydrogen-bond donors (Lipinski definition) is 0. The van der Waals surface area contributed by atoms with Crippen LogP contribution in [0, 0.1) is 0 Å². The second-order valence-corrected chi connectivity index (χ2v) is 4.49. The van der Waals surface area contributed by atoms with Crippen molar-refractivity contribution in [3.8, 4) is 11.6 Å². The molecule has 0 aliphatic heterocycles. The van der Waals surface area contributed by atoms with Gasteiger partial charge in [0.15, 0.2) is 6.29 Å². The van der Waals surface area contributed by atoms with Gasteiger partial charge in [-0.2, -0.15) is 0 Å². The van der Waals surface area contributed by atoms with Gasteiger partial charge in [0.2, 0.25) is 5.88 Å². The standard InChI is InChI=1S/C15H13NO2/c17-10-11-1-8-15(16-9-11)18-14-6-4-13(5-7-14)12-2-3-12/h1,4-10,12H,2-3H2. The van der Waals surface area contributed by atoms with Gasteiger partial charge in [-0.25, -0.2) is 4.98 Å². The van der Waals surface area contributed by atoms with Crippen LogP contribution in [0.5, 0.6) is 11.6 Å². The molecule has 0 radical (unpaired) electrons. The summed E-state index contributed by atoms with van der Waals surface area (Å²) in [7, 11) is 0. The van der Waals surface area contributed by atoms with E-state index in [1.165, 1.54) is 24.6 Å². The molecule has 3 nitrogen and oxygen atoms in total. The van der Waals surface area contributed by atoms with Gasteiger partial charge in [-0.1, -0.05) is 12.1 Å². The fraction of sp³-hybridized carbons (Fsp3) is 0.200. The Kier molecular flexibility index (Phi) is 2.81. The molecule has 90 valence electrons. The van der Waals surface area contributed by atoms with Crippen molar-refractivity contribution < 1.29 is 9.53 Å². The second kappa shape index (κ2) is 4.61. The summed E-state index contributed by atoms with van der Waals surface area (Å²) in [6.45, 7) is 0. The summed E-state index contributed by atoms with van der Waals surface area (Å²) in [5.41, 5.74) is 1.93. The maximum Gasteiger partial charge on any atom is 0.219 e. The fourth-order valence-corrected chi connectivity index (χ4v) is 1.87. The number of aldehydes is 1. The minimum atomic E-state index is 0.500. The van der Waals surface area contributed by atoms with E-state index in [9.17, 15) is 4.79 Å². The molecule has 0 bridgehead atoms. The van der Waals surface area contributed by atoms with Gasteiger partial charge in [-0.3, -0.25) is 4.79 Å². The summed E-state index contributed by atoms with van der Waals surface area (Å²) in [4.78, 5) is 14.6. The summed E-state index contributed by atoms with van der Waals surface area (Å²) >= 11 is 0. The quantitative estimate of drug-likeness (QED) is 0.766. The number of ether oxygens (including phenoxy) is 1. The lowest BCUT2D eigenvalue weighted by Crippen LogP contribution is -1.89. The van der Waals surface area contributed by atoms with Crippen LogP contribution < -0.4 is 4.74 Å². The van der Waals surface area contributed by atoms with E-state index in [0.717, 1.165) is 18.0 Å². The van der Waals surface area contributed by atoms with Crippen LogP contribution in [0.25, 0.3) is 0 Å². The van der Waals surface area contributed by atoms with Crippen LogP contribution in [-0.2, 0) is 0 Å². The van der Waals surface area contributed by atoms with E-state index in [-0.39, 0.29) is 0 Å². The molecule has 0 amide bonds. The predicted octanol–water partition coefficient (Wildman–Crippen LogP) is 3.56. The zero-order chi connectivity index (χ0) is 12.4. The average Bonchev–Trinajstić information content (AvgIpc) is 3.25. The molecule has 1 aromatic heterocycles. The Hall–Kier alpha value is -2.16. The van der Waals surface area contributed by atoms with E-state index in [4.69, 9.17) is 4.74 Å². The lowest BCUT2D eigenvalue weighted by atomic mass is 10.1. The molecule has 18 heavy (non-hydrogen) atoms. The highest BCUT2D eigenvalue weighted by Crippen LogP contribution is 2.40. The molecule has 1 fully saturated rings. The molecule has 0 N–H and O–H groups in total. The van der Waals surface area contributed by atoms with Gasteiger partial charge in [-0.05, 0) is 42.5 Å². The number of nitrogens with zero attached hydrogens (tertiary/aromatic N) is 1. The number of aromatic nitrogens is 1. The highest BCUT2D eigenvalue weighted by Gasteiger charge is 2.22. The number of hydrogen-bond acceptors (Lipinski definition) is 3. The molecule has 1 aliphatic rings. The van der Waals surface area contributed by atoms with E-state index in [2.05, 4.69) is 17.1 Å². The Morgan fingerprint density at radius 1 is 1.11 bits per heavy atom. The molecule has 2 aromatic rings. The first-order valence-corrected chi connectivity index (χ1v) is 6.04. The summed E-state index contributed by atoms with van der Waals surface area (Å²) in [6, 6.07) is 11.5. The molecule has 1 aromatic carbocycles. The Morgan fingerprint density at radius 2 is 1.89 bits per heavy atom. The van der Waals surface area contributed by atoms with Crippen LogP contribution in [0.1, 0.15) is 34.7 Å². The minimum Gasteiger partial charge on any atom is -0.439 e. The Balaban J connectivity index is 1.72. The number of rotatable bonds is 4. The van der Waals surface area contributed by atoms with Crippen molar-refractivity contribution in [3.63, 3.8) is 0 Å². The maximum atomic E-state index is 10.5. The van der Waals surface area contributed by atoms with Gasteiger partial charge in [0, 0.05) is 17.8 Å². The molecule has 3 heteroatoms. The molecule has 1 heterocycles. The van der Waals surface area contributed by atoms with Crippen molar-refractivity contribution >= 4 is 6.29 Å². The smallest absolute Gasteiger partial charge is 0.219 e. The van der Waals surface area contributed by atoms with Crippen molar-refractivity contribution in [2.24, 2.45) is 0 Å². The molecule has 1 aliphatic carbocycles. The number of carbonyl (C=O) groups is 1. The van der Waals surface area contributed by atoms with Crippen LogP contribution in [0.2, 0.25) is 0 Å². The van der Waals surface area contributed by atoms with Crippen LogP contribution in [0.4, 0.5) is 0 Å². The van der Waals surface area contributed by atoms with Gasteiger partial charge in [0.1, 0.15) is 5.75 Å². The largest absolute Gasteiger partial charge is 0.439 e. The van der Waals surface area contributed by atoms with Crippen molar-refractivity contribution in [2.45, 2.75) is 18.8 Å². The van der Waals surface area contributed by atoms with Gasteiger partial charge in [-0.15, -0.1) is 0 Å². The molecule has 0 atom stereocenters. The molecule has 0 unspecified atom stereocenters. The molecule has 3 rings (SSSR count). The van der Waals surface area contributed by atoms with E-state index in [1.54, 1.807) is 12.1 Å². The van der Waals surface area contributed by atoms with Crippen LogP contribution in [0.3, 0.4) is 0 Å². The monoisotopic (exact) mass is 239 g/mol. The fourth-order valence-electron chi connectivity index (χ4n) is 1.87. The highest BCUT2D eigenvalue weighted by molar-refractivity contribution is 5.74. The van der Waals surface area contributed by atoms with Gasteiger partial charge < -0.3 is 4.74 Å². The maximum absolute atomic E-state index is 10.5. The van der Waals surface area contributed by atoms with Gasteiger partial charge in [0.25, 0.3) is 0 Å². The number of benzene rings is 1. The molecule has 0 saturated heterocycles. The van der Waals surface area contributed by atoms with Gasteiger partial charge in [0.05, 0.1) is 0 Å². The summed E-state index contributed by atoms with van der Waals surface area (Å²) in [5, 5.41) is 0. The second-order valence-electron chi connectivity index (χ2n) is 4.49. The highest BCUT2D eigenvalue weighted by atomic mass is 16.5. The zero-order valence-corrected chi connectivity index (χ0v) is 9.87. The normalized spacial score (nSPS) is 14.2. The zero-order valence-electron chi connectivity index (χ0n) is 9.87. The van der Waals surface area contributed by atoms with E-state index in [0.29, 0.717) is 11.4 Å². The minimum absolute atomic E-state index is 0.500. The molecular formula is C15H13NO2. The molecular weight excluding hydrogens is 226 g/mol. The first kappa shape index (κ1) is 11.0. The third-order valence-corrected chi connectivity index (χ3v) is 3.05. The number of carbonyl (C=O) groups excluding carboxylic acids is 1. The average molecular weight is 239 g/mol. The van der Waals surface area contributed by atoms with E-state index in [1.807, 2.05) is 12.1 Å². The summed E-state index contributed by atoms with van der Waals surface area (Å²) < 4.78 is 5.61. The SMILES string of the molecule is O=Cc1ccc(Oc2ccc(C3CC3)cc2)nc1. The molecule has 0 spiro atoms. The van der Waals surface area contributed by atoms with Crippen molar-refractivity contribution in [1.29, 1.82) is 0 Å². The summed E-state index contributed by atoms with van der Waals surface area (Å²) in [5.74, 6) is 2.02. The topological polar surface area (TPSA) is 39.2 Å². The molecule has 1 saturated carbocycles. The first-order chi connectivity index (χ1) is 8.85. The number of pyridine rings is 1. The third kappa shape index (κ3) is 2.40. The van der Waals surface area contributed by atoms with Crippen molar-refractivity contribution in [2.75, 3.05) is 0 Å². The third-order valence-electron chi connectivity index (χ3n) is 3.05. The Labute approximate surface area is 105 Å². The predicted molar refractivity (Wildman–Crippen MR) is 68.1 cm³/mol. The van der Waals surface area contributed by atoms with E-state index >= 15 is 0 Å².